The lowest BCUT2D eigenvalue weighted by atomic mass is 10.1. The number of hydrogen-bond donors (Lipinski definition) is 3. The smallest absolute Gasteiger partial charge is 0.416 e. The standard InChI is InChI=1S/C26H20ClF3N4O4/c27-17-7-10-22-20(11-17)21(33-25(37)32-18-8-5-16(6-9-18)26(28,29)30)13-34(22)24(36)19-4-2-1-3-15(19)14-38-23(35)12-31/h1-11,13H,12,14,31H2,(H2,32,33,37). The van der Waals surface area contributed by atoms with E-state index in [-0.39, 0.29) is 30.1 Å². The van der Waals surface area contributed by atoms with E-state index in [4.69, 9.17) is 22.1 Å². The van der Waals surface area contributed by atoms with Crippen LogP contribution in [0.3, 0.4) is 0 Å². The molecule has 0 saturated heterocycles. The van der Waals surface area contributed by atoms with E-state index in [1.54, 1.807) is 42.5 Å². The van der Waals surface area contributed by atoms with Crippen molar-refractivity contribution in [3.05, 3.63) is 94.6 Å². The van der Waals surface area contributed by atoms with Gasteiger partial charge in [0.1, 0.15) is 6.61 Å². The van der Waals surface area contributed by atoms with Crippen LogP contribution in [-0.2, 0) is 22.3 Å². The molecule has 0 radical (unpaired) electrons. The number of nitrogens with zero attached hydrogens (tertiary/aromatic N) is 1. The van der Waals surface area contributed by atoms with Crippen LogP contribution in [0.5, 0.6) is 0 Å². The van der Waals surface area contributed by atoms with E-state index >= 15 is 0 Å². The minimum Gasteiger partial charge on any atom is -0.460 e. The molecule has 196 valence electrons. The van der Waals surface area contributed by atoms with Crippen molar-refractivity contribution in [3.8, 4) is 0 Å². The average Bonchev–Trinajstić information content (AvgIpc) is 3.23. The van der Waals surface area contributed by atoms with E-state index in [1.807, 2.05) is 0 Å². The number of urea groups is 1. The summed E-state index contributed by atoms with van der Waals surface area (Å²) in [6.45, 7) is -0.466. The number of anilines is 2. The summed E-state index contributed by atoms with van der Waals surface area (Å²) < 4.78 is 44.8. The van der Waals surface area contributed by atoms with Gasteiger partial charge in [0.2, 0.25) is 0 Å². The number of fused-ring (bicyclic) bond motifs is 1. The molecule has 0 atom stereocenters. The lowest BCUT2D eigenvalue weighted by Gasteiger charge is -2.10. The van der Waals surface area contributed by atoms with Gasteiger partial charge in [-0.15, -0.1) is 0 Å². The molecule has 4 aromatic rings. The van der Waals surface area contributed by atoms with Crippen molar-refractivity contribution >= 4 is 51.8 Å². The van der Waals surface area contributed by atoms with Crippen LogP contribution in [0.1, 0.15) is 21.5 Å². The predicted octanol–water partition coefficient (Wildman–Crippen LogP) is 5.65. The van der Waals surface area contributed by atoms with Crippen LogP contribution in [-0.4, -0.2) is 29.0 Å². The first-order chi connectivity index (χ1) is 18.1. The number of hydrogen-bond acceptors (Lipinski definition) is 5. The van der Waals surface area contributed by atoms with Crippen LogP contribution >= 0.6 is 11.6 Å². The maximum Gasteiger partial charge on any atom is 0.416 e. The number of esters is 1. The van der Waals surface area contributed by atoms with E-state index in [2.05, 4.69) is 10.6 Å². The molecule has 0 aliphatic rings. The zero-order chi connectivity index (χ0) is 27.4. The summed E-state index contributed by atoms with van der Waals surface area (Å²) >= 11 is 6.15. The lowest BCUT2D eigenvalue weighted by molar-refractivity contribution is -0.143. The Bertz CT molecular complexity index is 1520. The Hall–Kier alpha value is -4.35. The second-order valence-corrected chi connectivity index (χ2v) is 8.49. The number of aromatic nitrogens is 1. The molecular weight excluding hydrogens is 525 g/mol. The zero-order valence-corrected chi connectivity index (χ0v) is 20.3. The van der Waals surface area contributed by atoms with Crippen molar-refractivity contribution in [2.24, 2.45) is 5.73 Å². The highest BCUT2D eigenvalue weighted by molar-refractivity contribution is 6.31. The van der Waals surface area contributed by atoms with Gasteiger partial charge in [-0.05, 0) is 48.5 Å². The van der Waals surface area contributed by atoms with Crippen molar-refractivity contribution in [2.45, 2.75) is 12.8 Å². The summed E-state index contributed by atoms with van der Waals surface area (Å²) in [5.41, 5.74) is 5.92. The van der Waals surface area contributed by atoms with E-state index in [1.165, 1.54) is 10.8 Å². The fourth-order valence-electron chi connectivity index (χ4n) is 3.70. The molecule has 8 nitrogen and oxygen atoms in total. The molecule has 4 N–H and O–H groups in total. The van der Waals surface area contributed by atoms with E-state index in [9.17, 15) is 27.6 Å². The summed E-state index contributed by atoms with van der Waals surface area (Å²) in [4.78, 5) is 37.7. The molecule has 0 unspecified atom stereocenters. The molecule has 0 fully saturated rings. The van der Waals surface area contributed by atoms with Gasteiger partial charge < -0.3 is 21.1 Å². The third-order valence-electron chi connectivity index (χ3n) is 5.51. The summed E-state index contributed by atoms with van der Waals surface area (Å²) in [7, 11) is 0. The monoisotopic (exact) mass is 544 g/mol. The Labute approximate surface area is 219 Å². The largest absolute Gasteiger partial charge is 0.460 e. The van der Waals surface area contributed by atoms with Crippen molar-refractivity contribution in [2.75, 3.05) is 17.2 Å². The molecule has 4 rings (SSSR count). The first-order valence-corrected chi connectivity index (χ1v) is 11.5. The molecule has 0 spiro atoms. The number of ether oxygens (including phenoxy) is 1. The molecule has 12 heteroatoms. The predicted molar refractivity (Wildman–Crippen MR) is 136 cm³/mol. The van der Waals surface area contributed by atoms with Gasteiger partial charge in [0.05, 0.1) is 23.3 Å². The van der Waals surface area contributed by atoms with Crippen molar-refractivity contribution in [1.82, 2.24) is 4.57 Å². The number of carbonyl (C=O) groups excluding carboxylic acids is 3. The molecular formula is C26H20ClF3N4O4. The lowest BCUT2D eigenvalue weighted by Crippen LogP contribution is -2.20. The highest BCUT2D eigenvalue weighted by Crippen LogP contribution is 2.31. The molecule has 0 aliphatic heterocycles. The Balaban J connectivity index is 1.61. The molecule has 1 aromatic heterocycles. The second-order valence-electron chi connectivity index (χ2n) is 8.06. The number of nitrogens with two attached hydrogens (primary N) is 1. The first kappa shape index (κ1) is 26.7. The number of nitrogens with one attached hydrogen (secondary N) is 2. The number of amides is 2. The van der Waals surface area contributed by atoms with Crippen molar-refractivity contribution in [1.29, 1.82) is 0 Å². The highest BCUT2D eigenvalue weighted by Gasteiger charge is 2.30. The summed E-state index contributed by atoms with van der Waals surface area (Å²) in [5.74, 6) is -1.09. The number of rotatable bonds is 6. The van der Waals surface area contributed by atoms with Crippen LogP contribution in [0.4, 0.5) is 29.3 Å². The second kappa shape index (κ2) is 11.0. The highest BCUT2D eigenvalue weighted by atomic mass is 35.5. The summed E-state index contributed by atoms with van der Waals surface area (Å²) in [5, 5.41) is 5.86. The molecule has 0 aliphatic carbocycles. The zero-order valence-electron chi connectivity index (χ0n) is 19.5. The van der Waals surface area contributed by atoms with Gasteiger partial charge in [-0.1, -0.05) is 29.8 Å². The van der Waals surface area contributed by atoms with Gasteiger partial charge in [-0.2, -0.15) is 13.2 Å². The number of carbonyl (C=O) groups is 3. The summed E-state index contributed by atoms with van der Waals surface area (Å²) in [6, 6.07) is 14.5. The Morgan fingerprint density at radius 2 is 1.68 bits per heavy atom. The van der Waals surface area contributed by atoms with Crippen LogP contribution < -0.4 is 16.4 Å². The van der Waals surface area contributed by atoms with Gasteiger partial charge in [-0.25, -0.2) is 4.79 Å². The Morgan fingerprint density at radius 3 is 2.37 bits per heavy atom. The quantitative estimate of drug-likeness (QED) is 0.271. The van der Waals surface area contributed by atoms with E-state index in [0.29, 0.717) is 21.5 Å². The van der Waals surface area contributed by atoms with Gasteiger partial charge >= 0.3 is 18.2 Å². The average molecular weight is 545 g/mol. The van der Waals surface area contributed by atoms with E-state index < -0.39 is 29.6 Å². The fraction of sp³-hybridized carbons (Fsp3) is 0.115. The molecule has 3 aromatic carbocycles. The SMILES string of the molecule is NCC(=O)OCc1ccccc1C(=O)n1cc(NC(=O)Nc2ccc(C(F)(F)F)cc2)c2cc(Cl)ccc21. The summed E-state index contributed by atoms with van der Waals surface area (Å²) in [6.07, 6.45) is -3.10. The van der Waals surface area contributed by atoms with Crippen molar-refractivity contribution < 1.29 is 32.3 Å². The van der Waals surface area contributed by atoms with Gasteiger partial charge in [-0.3, -0.25) is 14.2 Å². The maximum atomic E-state index is 13.5. The molecule has 1 heterocycles. The Kier molecular flexibility index (Phi) is 7.70. The number of benzene rings is 3. The fourth-order valence-corrected chi connectivity index (χ4v) is 3.87. The van der Waals surface area contributed by atoms with Crippen LogP contribution in [0.2, 0.25) is 5.02 Å². The first-order valence-electron chi connectivity index (χ1n) is 11.1. The Morgan fingerprint density at radius 1 is 0.974 bits per heavy atom. The normalized spacial score (nSPS) is 11.3. The number of alkyl halides is 3. The van der Waals surface area contributed by atoms with E-state index in [0.717, 1.165) is 24.3 Å². The molecule has 2 amide bonds. The van der Waals surface area contributed by atoms with Crippen LogP contribution in [0.15, 0.2) is 72.9 Å². The minimum absolute atomic E-state index is 0.134. The van der Waals surface area contributed by atoms with Crippen LogP contribution in [0, 0.1) is 0 Å². The molecule has 0 bridgehead atoms. The molecule has 0 saturated carbocycles. The van der Waals surface area contributed by atoms with Gasteiger partial charge in [0.25, 0.3) is 5.91 Å². The maximum absolute atomic E-state index is 13.5. The molecule has 38 heavy (non-hydrogen) atoms. The van der Waals surface area contributed by atoms with Gasteiger partial charge in [0, 0.05) is 33.4 Å². The third kappa shape index (κ3) is 5.96. The third-order valence-corrected chi connectivity index (χ3v) is 5.74. The van der Waals surface area contributed by atoms with Crippen LogP contribution in [0.25, 0.3) is 10.9 Å². The minimum atomic E-state index is -4.50. The van der Waals surface area contributed by atoms with Crippen molar-refractivity contribution in [3.63, 3.8) is 0 Å². The topological polar surface area (TPSA) is 115 Å². The number of halogens is 4. The van der Waals surface area contributed by atoms with Gasteiger partial charge in [0.15, 0.2) is 0 Å².